The summed E-state index contributed by atoms with van der Waals surface area (Å²) in [5.74, 6) is -0.831. The van der Waals surface area contributed by atoms with E-state index < -0.39 is 11.8 Å². The normalized spacial score (nSPS) is 15.8. The topological polar surface area (TPSA) is 82.5 Å². The van der Waals surface area contributed by atoms with Gasteiger partial charge in [-0.15, -0.1) is 0 Å². The lowest BCUT2D eigenvalue weighted by Gasteiger charge is -2.15. The summed E-state index contributed by atoms with van der Waals surface area (Å²) in [7, 11) is 0. The van der Waals surface area contributed by atoms with E-state index in [1.54, 1.807) is 30.6 Å². The van der Waals surface area contributed by atoms with Crippen LogP contribution in [-0.2, 0) is 4.79 Å². The zero-order valence-electron chi connectivity index (χ0n) is 12.2. The molecule has 0 atom stereocenters. The zero-order chi connectivity index (χ0) is 17.1. The lowest BCUT2D eigenvalue weighted by atomic mass is 10.2. The SMILES string of the molecule is O=C(NN1C(=O)C(=Cc2ccncc2)SC1=S)c1ccc(O)cc1. The Kier molecular flexibility index (Phi) is 4.59. The van der Waals surface area contributed by atoms with Gasteiger partial charge < -0.3 is 5.11 Å². The Labute approximate surface area is 147 Å². The number of phenols is 1. The van der Waals surface area contributed by atoms with Crippen molar-refractivity contribution in [3.8, 4) is 5.75 Å². The van der Waals surface area contributed by atoms with E-state index in [0.717, 1.165) is 22.3 Å². The Hall–Kier alpha value is -2.71. The van der Waals surface area contributed by atoms with E-state index in [9.17, 15) is 14.7 Å². The van der Waals surface area contributed by atoms with Crippen LogP contribution in [0.3, 0.4) is 0 Å². The molecule has 1 aliphatic heterocycles. The van der Waals surface area contributed by atoms with E-state index in [4.69, 9.17) is 12.2 Å². The van der Waals surface area contributed by atoms with Crippen molar-refractivity contribution in [3.05, 3.63) is 64.8 Å². The standard InChI is InChI=1S/C16H11N3O3S2/c20-12-3-1-11(2-4-12)14(21)18-19-15(22)13(24-16(19)23)9-10-5-7-17-8-6-10/h1-9,20H,(H,18,21). The van der Waals surface area contributed by atoms with Crippen molar-refractivity contribution in [3.63, 3.8) is 0 Å². The number of thioether (sulfide) groups is 1. The van der Waals surface area contributed by atoms with Gasteiger partial charge in [-0.05, 0) is 60.3 Å². The summed E-state index contributed by atoms with van der Waals surface area (Å²) in [4.78, 5) is 28.9. The lowest BCUT2D eigenvalue weighted by Crippen LogP contribution is -2.44. The van der Waals surface area contributed by atoms with Crippen molar-refractivity contribution in [2.24, 2.45) is 0 Å². The van der Waals surface area contributed by atoms with Crippen LogP contribution in [0.1, 0.15) is 15.9 Å². The number of thiocarbonyl (C=S) groups is 1. The van der Waals surface area contributed by atoms with Crippen LogP contribution in [0.15, 0.2) is 53.7 Å². The van der Waals surface area contributed by atoms with Gasteiger partial charge in [0.2, 0.25) is 0 Å². The van der Waals surface area contributed by atoms with Gasteiger partial charge in [0.25, 0.3) is 11.8 Å². The maximum absolute atomic E-state index is 12.4. The smallest absolute Gasteiger partial charge is 0.285 e. The summed E-state index contributed by atoms with van der Waals surface area (Å²) in [5.41, 5.74) is 3.60. The molecule has 2 N–H and O–H groups in total. The molecule has 2 amide bonds. The van der Waals surface area contributed by atoms with Crippen molar-refractivity contribution in [2.45, 2.75) is 0 Å². The van der Waals surface area contributed by atoms with Crippen LogP contribution >= 0.6 is 24.0 Å². The number of rotatable bonds is 3. The number of pyridine rings is 1. The summed E-state index contributed by atoms with van der Waals surface area (Å²) in [5, 5.41) is 10.3. The number of carbonyl (C=O) groups excluding carboxylic acids is 2. The highest BCUT2D eigenvalue weighted by atomic mass is 32.2. The number of benzene rings is 1. The molecule has 1 fully saturated rings. The van der Waals surface area contributed by atoms with Gasteiger partial charge in [-0.1, -0.05) is 11.8 Å². The van der Waals surface area contributed by atoms with Gasteiger partial charge in [-0.3, -0.25) is 20.0 Å². The molecular formula is C16H11N3O3S2. The quantitative estimate of drug-likeness (QED) is 0.648. The maximum atomic E-state index is 12.4. The van der Waals surface area contributed by atoms with E-state index in [1.807, 2.05) is 0 Å². The maximum Gasteiger partial charge on any atom is 0.285 e. The first-order chi connectivity index (χ1) is 11.5. The van der Waals surface area contributed by atoms with Crippen molar-refractivity contribution in [1.29, 1.82) is 0 Å². The molecule has 1 aliphatic rings. The van der Waals surface area contributed by atoms with Crippen molar-refractivity contribution in [1.82, 2.24) is 15.4 Å². The number of aromatic nitrogens is 1. The monoisotopic (exact) mass is 357 g/mol. The molecule has 1 aromatic heterocycles. The molecule has 0 spiro atoms. The van der Waals surface area contributed by atoms with Crippen LogP contribution in [0.5, 0.6) is 5.75 Å². The lowest BCUT2D eigenvalue weighted by molar-refractivity contribution is -0.123. The second-order valence-corrected chi connectivity index (χ2v) is 6.46. The van der Waals surface area contributed by atoms with Gasteiger partial charge in [-0.25, -0.2) is 0 Å². The first kappa shape index (κ1) is 16.2. The Morgan fingerprint density at radius 2 is 1.88 bits per heavy atom. The third kappa shape index (κ3) is 3.44. The first-order valence-corrected chi connectivity index (χ1v) is 8.05. The molecule has 0 saturated carbocycles. The van der Waals surface area contributed by atoms with Crippen LogP contribution in [0.4, 0.5) is 0 Å². The van der Waals surface area contributed by atoms with Gasteiger partial charge in [-0.2, -0.15) is 5.01 Å². The number of phenolic OH excluding ortho intramolecular Hbond substituents is 1. The minimum Gasteiger partial charge on any atom is -0.508 e. The van der Waals surface area contributed by atoms with Crippen molar-refractivity contribution < 1.29 is 14.7 Å². The van der Waals surface area contributed by atoms with Crippen LogP contribution in [0, 0.1) is 0 Å². The molecule has 0 radical (unpaired) electrons. The summed E-state index contributed by atoms with van der Waals surface area (Å²) < 4.78 is 0.243. The summed E-state index contributed by atoms with van der Waals surface area (Å²) >= 11 is 6.27. The van der Waals surface area contributed by atoms with Crippen LogP contribution in [-0.4, -0.2) is 31.2 Å². The molecule has 6 nitrogen and oxygen atoms in total. The fourth-order valence-electron chi connectivity index (χ4n) is 1.95. The highest BCUT2D eigenvalue weighted by Gasteiger charge is 2.33. The third-order valence-electron chi connectivity index (χ3n) is 3.14. The third-order valence-corrected chi connectivity index (χ3v) is 4.44. The van der Waals surface area contributed by atoms with Gasteiger partial charge in [0, 0.05) is 18.0 Å². The average molecular weight is 357 g/mol. The second-order valence-electron chi connectivity index (χ2n) is 4.79. The number of amides is 2. The molecular weight excluding hydrogens is 346 g/mol. The number of nitrogens with one attached hydrogen (secondary N) is 1. The number of carbonyl (C=O) groups is 2. The Bertz CT molecular complexity index is 835. The Morgan fingerprint density at radius 1 is 1.21 bits per heavy atom. The minimum atomic E-state index is -0.489. The fourth-order valence-corrected chi connectivity index (χ4v) is 3.13. The van der Waals surface area contributed by atoms with Crippen molar-refractivity contribution >= 4 is 46.2 Å². The van der Waals surface area contributed by atoms with E-state index in [2.05, 4.69) is 10.4 Å². The average Bonchev–Trinajstić information content (AvgIpc) is 2.84. The molecule has 2 aromatic rings. The highest BCUT2D eigenvalue weighted by Crippen LogP contribution is 2.31. The molecule has 1 saturated heterocycles. The molecule has 2 heterocycles. The second kappa shape index (κ2) is 6.81. The highest BCUT2D eigenvalue weighted by molar-refractivity contribution is 8.26. The van der Waals surface area contributed by atoms with Crippen molar-refractivity contribution in [2.75, 3.05) is 0 Å². The number of hydrogen-bond donors (Lipinski definition) is 2. The van der Waals surface area contributed by atoms with Crippen LogP contribution < -0.4 is 5.43 Å². The zero-order valence-corrected chi connectivity index (χ0v) is 13.8. The molecule has 8 heteroatoms. The van der Waals surface area contributed by atoms with Crippen LogP contribution in [0.2, 0.25) is 0 Å². The number of hydrogen-bond acceptors (Lipinski definition) is 6. The molecule has 0 unspecified atom stereocenters. The number of nitrogens with zero attached hydrogens (tertiary/aromatic N) is 2. The fraction of sp³-hybridized carbons (Fsp3) is 0. The van der Waals surface area contributed by atoms with E-state index in [1.165, 1.54) is 24.3 Å². The Balaban J connectivity index is 1.76. The summed E-state index contributed by atoms with van der Waals surface area (Å²) in [6.07, 6.45) is 4.94. The number of hydrazine groups is 1. The first-order valence-electron chi connectivity index (χ1n) is 6.82. The van der Waals surface area contributed by atoms with Gasteiger partial charge >= 0.3 is 0 Å². The largest absolute Gasteiger partial charge is 0.508 e. The van der Waals surface area contributed by atoms with E-state index in [0.29, 0.717) is 10.5 Å². The molecule has 24 heavy (non-hydrogen) atoms. The molecule has 1 aromatic carbocycles. The van der Waals surface area contributed by atoms with Gasteiger partial charge in [0.05, 0.1) is 4.91 Å². The van der Waals surface area contributed by atoms with E-state index >= 15 is 0 Å². The van der Waals surface area contributed by atoms with Crippen LogP contribution in [0.25, 0.3) is 6.08 Å². The minimum absolute atomic E-state index is 0.0532. The summed E-state index contributed by atoms with van der Waals surface area (Å²) in [6.45, 7) is 0. The van der Waals surface area contributed by atoms with E-state index in [-0.39, 0.29) is 10.1 Å². The summed E-state index contributed by atoms with van der Waals surface area (Å²) in [6, 6.07) is 9.22. The number of aromatic hydroxyl groups is 1. The molecule has 120 valence electrons. The van der Waals surface area contributed by atoms with Gasteiger partial charge in [0.1, 0.15) is 5.75 Å². The molecule has 0 bridgehead atoms. The molecule has 0 aliphatic carbocycles. The molecule has 3 rings (SSSR count). The van der Waals surface area contributed by atoms with Gasteiger partial charge in [0.15, 0.2) is 4.32 Å². The predicted molar refractivity (Wildman–Crippen MR) is 94.8 cm³/mol. The predicted octanol–water partition coefficient (Wildman–Crippen LogP) is 2.33. The Morgan fingerprint density at radius 3 is 2.54 bits per heavy atom.